The van der Waals surface area contributed by atoms with E-state index in [-0.39, 0.29) is 24.0 Å². The SMILES string of the molecule is O=C(NCC1CCCO1)C1CN(C(c2ccccc2)c2ccccc2)C1. The van der Waals surface area contributed by atoms with Crippen molar-refractivity contribution in [3.63, 3.8) is 0 Å². The van der Waals surface area contributed by atoms with Gasteiger partial charge in [-0.15, -0.1) is 0 Å². The molecule has 4 heteroatoms. The number of nitrogens with zero attached hydrogens (tertiary/aromatic N) is 1. The fourth-order valence-electron chi connectivity index (χ4n) is 3.94. The first kappa shape index (κ1) is 17.3. The molecular formula is C22H26N2O2. The molecule has 2 saturated heterocycles. The van der Waals surface area contributed by atoms with Crippen LogP contribution in [0.15, 0.2) is 60.7 Å². The number of benzene rings is 2. The molecule has 2 aliphatic heterocycles. The number of amides is 1. The Labute approximate surface area is 155 Å². The molecule has 136 valence electrons. The molecule has 2 fully saturated rings. The Kier molecular flexibility index (Phi) is 5.32. The summed E-state index contributed by atoms with van der Waals surface area (Å²) in [5.74, 6) is 0.239. The molecule has 1 unspecified atom stereocenters. The average molecular weight is 350 g/mol. The molecule has 2 heterocycles. The Morgan fingerprint density at radius 2 is 1.65 bits per heavy atom. The minimum absolute atomic E-state index is 0.0753. The van der Waals surface area contributed by atoms with Crippen LogP contribution in [0.2, 0.25) is 0 Å². The van der Waals surface area contributed by atoms with E-state index in [2.05, 4.69) is 58.7 Å². The lowest BCUT2D eigenvalue weighted by Crippen LogP contribution is -2.55. The van der Waals surface area contributed by atoms with Crippen molar-refractivity contribution in [1.29, 1.82) is 0 Å². The Bertz CT molecular complexity index is 668. The van der Waals surface area contributed by atoms with Crippen molar-refractivity contribution in [3.8, 4) is 0 Å². The molecule has 1 amide bonds. The maximum atomic E-state index is 12.4. The summed E-state index contributed by atoms with van der Waals surface area (Å²) in [7, 11) is 0. The summed E-state index contributed by atoms with van der Waals surface area (Å²) in [6, 6.07) is 21.3. The van der Waals surface area contributed by atoms with Gasteiger partial charge in [-0.2, -0.15) is 0 Å². The fraction of sp³-hybridized carbons (Fsp3) is 0.409. The number of carbonyl (C=O) groups is 1. The lowest BCUT2D eigenvalue weighted by molar-refractivity contribution is -0.131. The molecule has 0 radical (unpaired) electrons. The van der Waals surface area contributed by atoms with Crippen LogP contribution in [0, 0.1) is 5.92 Å². The zero-order valence-corrected chi connectivity index (χ0v) is 15.0. The van der Waals surface area contributed by atoms with Gasteiger partial charge < -0.3 is 10.1 Å². The summed E-state index contributed by atoms with van der Waals surface area (Å²) in [5.41, 5.74) is 2.55. The highest BCUT2D eigenvalue weighted by Crippen LogP contribution is 2.34. The quantitative estimate of drug-likeness (QED) is 0.871. The summed E-state index contributed by atoms with van der Waals surface area (Å²) in [6.07, 6.45) is 2.37. The van der Waals surface area contributed by atoms with Gasteiger partial charge >= 0.3 is 0 Å². The van der Waals surface area contributed by atoms with E-state index >= 15 is 0 Å². The first-order valence-corrected chi connectivity index (χ1v) is 9.54. The molecule has 1 atom stereocenters. The second-order valence-corrected chi connectivity index (χ2v) is 7.25. The monoisotopic (exact) mass is 350 g/mol. The average Bonchev–Trinajstić information content (AvgIpc) is 3.17. The summed E-state index contributed by atoms with van der Waals surface area (Å²) in [4.78, 5) is 14.8. The fourth-order valence-corrected chi connectivity index (χ4v) is 3.94. The lowest BCUT2D eigenvalue weighted by Gasteiger charge is -2.44. The van der Waals surface area contributed by atoms with Crippen molar-refractivity contribution in [2.24, 2.45) is 5.92 Å². The van der Waals surface area contributed by atoms with Crippen molar-refractivity contribution in [2.45, 2.75) is 25.0 Å². The van der Waals surface area contributed by atoms with Crippen LogP contribution in [-0.2, 0) is 9.53 Å². The largest absolute Gasteiger partial charge is 0.376 e. The first-order chi connectivity index (χ1) is 12.8. The third-order valence-corrected chi connectivity index (χ3v) is 5.40. The van der Waals surface area contributed by atoms with E-state index in [9.17, 15) is 4.79 Å². The Morgan fingerprint density at radius 3 is 2.19 bits per heavy atom. The minimum atomic E-state index is 0.0753. The van der Waals surface area contributed by atoms with Crippen LogP contribution in [-0.4, -0.2) is 43.2 Å². The molecule has 1 N–H and O–H groups in total. The molecule has 0 aromatic heterocycles. The van der Waals surface area contributed by atoms with Crippen LogP contribution >= 0.6 is 0 Å². The van der Waals surface area contributed by atoms with Gasteiger partial charge in [0, 0.05) is 26.2 Å². The predicted molar refractivity (Wildman–Crippen MR) is 102 cm³/mol. The zero-order chi connectivity index (χ0) is 17.8. The maximum absolute atomic E-state index is 12.4. The molecular weight excluding hydrogens is 324 g/mol. The van der Waals surface area contributed by atoms with Gasteiger partial charge in [0.05, 0.1) is 18.1 Å². The van der Waals surface area contributed by atoms with E-state index < -0.39 is 0 Å². The number of rotatable bonds is 6. The molecule has 4 nitrogen and oxygen atoms in total. The molecule has 0 spiro atoms. The van der Waals surface area contributed by atoms with Crippen LogP contribution in [0.3, 0.4) is 0 Å². The van der Waals surface area contributed by atoms with E-state index in [4.69, 9.17) is 4.74 Å². The number of likely N-dealkylation sites (tertiary alicyclic amines) is 1. The van der Waals surface area contributed by atoms with Crippen molar-refractivity contribution in [3.05, 3.63) is 71.8 Å². The molecule has 2 aromatic rings. The van der Waals surface area contributed by atoms with Gasteiger partial charge in [-0.3, -0.25) is 9.69 Å². The third kappa shape index (κ3) is 3.81. The van der Waals surface area contributed by atoms with Crippen molar-refractivity contribution in [1.82, 2.24) is 10.2 Å². The smallest absolute Gasteiger partial charge is 0.225 e. The van der Waals surface area contributed by atoms with Gasteiger partial charge in [-0.05, 0) is 24.0 Å². The van der Waals surface area contributed by atoms with Crippen LogP contribution in [0.25, 0.3) is 0 Å². The Hall–Kier alpha value is -2.17. The maximum Gasteiger partial charge on any atom is 0.225 e. The summed E-state index contributed by atoms with van der Waals surface area (Å²) in [5, 5.41) is 3.07. The first-order valence-electron chi connectivity index (χ1n) is 9.54. The van der Waals surface area contributed by atoms with Gasteiger partial charge in [-0.1, -0.05) is 60.7 Å². The highest BCUT2D eigenvalue weighted by molar-refractivity contribution is 5.80. The number of hydrogen-bond acceptors (Lipinski definition) is 3. The lowest BCUT2D eigenvalue weighted by atomic mass is 9.90. The van der Waals surface area contributed by atoms with Crippen molar-refractivity contribution >= 4 is 5.91 Å². The normalized spacial score (nSPS) is 20.9. The van der Waals surface area contributed by atoms with E-state index in [0.29, 0.717) is 6.54 Å². The van der Waals surface area contributed by atoms with Gasteiger partial charge in [0.2, 0.25) is 5.91 Å². The minimum Gasteiger partial charge on any atom is -0.376 e. The van der Waals surface area contributed by atoms with Crippen LogP contribution in [0.5, 0.6) is 0 Å². The number of ether oxygens (including phenoxy) is 1. The topological polar surface area (TPSA) is 41.6 Å². The van der Waals surface area contributed by atoms with E-state index in [1.807, 2.05) is 12.1 Å². The van der Waals surface area contributed by atoms with Crippen LogP contribution in [0.1, 0.15) is 30.0 Å². The highest BCUT2D eigenvalue weighted by atomic mass is 16.5. The van der Waals surface area contributed by atoms with E-state index in [1.54, 1.807) is 0 Å². The Morgan fingerprint density at radius 1 is 1.04 bits per heavy atom. The summed E-state index contributed by atoms with van der Waals surface area (Å²) in [6.45, 7) is 3.07. The second kappa shape index (κ2) is 8.02. The number of nitrogens with one attached hydrogen (secondary N) is 1. The molecule has 26 heavy (non-hydrogen) atoms. The van der Waals surface area contributed by atoms with Gasteiger partial charge in [0.25, 0.3) is 0 Å². The van der Waals surface area contributed by atoms with E-state index in [1.165, 1.54) is 11.1 Å². The predicted octanol–water partition coefficient (Wildman–Crippen LogP) is 3.00. The van der Waals surface area contributed by atoms with Crippen LogP contribution < -0.4 is 5.32 Å². The highest BCUT2D eigenvalue weighted by Gasteiger charge is 2.38. The molecule has 4 rings (SSSR count). The van der Waals surface area contributed by atoms with Gasteiger partial charge in [0.1, 0.15) is 0 Å². The molecule has 0 aliphatic carbocycles. The number of hydrogen-bond donors (Lipinski definition) is 1. The van der Waals surface area contributed by atoms with Crippen molar-refractivity contribution in [2.75, 3.05) is 26.2 Å². The Balaban J connectivity index is 1.38. The summed E-state index contributed by atoms with van der Waals surface area (Å²) < 4.78 is 5.58. The zero-order valence-electron chi connectivity index (χ0n) is 15.0. The molecule has 2 aromatic carbocycles. The standard InChI is InChI=1S/C22H26N2O2/c25-22(23-14-20-12-7-13-26-20)19-15-24(16-19)21(17-8-3-1-4-9-17)18-10-5-2-6-11-18/h1-6,8-11,19-21H,7,12-16H2,(H,23,25). The summed E-state index contributed by atoms with van der Waals surface area (Å²) >= 11 is 0. The third-order valence-electron chi connectivity index (χ3n) is 5.40. The molecule has 0 saturated carbocycles. The molecule has 0 bridgehead atoms. The molecule has 2 aliphatic rings. The van der Waals surface area contributed by atoms with Gasteiger partial charge in [0.15, 0.2) is 0 Å². The van der Waals surface area contributed by atoms with Crippen molar-refractivity contribution < 1.29 is 9.53 Å². The second-order valence-electron chi connectivity index (χ2n) is 7.25. The van der Waals surface area contributed by atoms with Gasteiger partial charge in [-0.25, -0.2) is 0 Å². The van der Waals surface area contributed by atoms with Crippen LogP contribution in [0.4, 0.5) is 0 Å². The number of carbonyl (C=O) groups excluding carboxylic acids is 1. The van der Waals surface area contributed by atoms with E-state index in [0.717, 1.165) is 32.5 Å².